The summed E-state index contributed by atoms with van der Waals surface area (Å²) in [6.45, 7) is 0. The minimum atomic E-state index is -0.416. The van der Waals surface area contributed by atoms with Crippen molar-refractivity contribution in [2.45, 2.75) is 0 Å². The molecule has 0 saturated carbocycles. The van der Waals surface area contributed by atoms with Crippen LogP contribution in [0.3, 0.4) is 0 Å². The summed E-state index contributed by atoms with van der Waals surface area (Å²) in [6, 6.07) is 22.0. The Labute approximate surface area is 175 Å². The van der Waals surface area contributed by atoms with Crippen LogP contribution in [-0.4, -0.2) is 15.7 Å². The van der Waals surface area contributed by atoms with E-state index in [0.717, 1.165) is 16.9 Å². The summed E-state index contributed by atoms with van der Waals surface area (Å²) in [5, 5.41) is 21.5. The fourth-order valence-corrected chi connectivity index (χ4v) is 3.74. The van der Waals surface area contributed by atoms with Crippen molar-refractivity contribution in [2.75, 3.05) is 0 Å². The zero-order valence-corrected chi connectivity index (χ0v) is 16.4. The van der Waals surface area contributed by atoms with Gasteiger partial charge in [-0.1, -0.05) is 42.5 Å². The monoisotopic (exact) mass is 418 g/mol. The second-order valence-corrected chi connectivity index (χ2v) is 7.11. The SMILES string of the molecule is O=[N+]([O-])c1cccc(-c2cs/c(=N/N=C/c3ccc(F)cc3)n2-c2ccccc2)c1. The quantitative estimate of drug-likeness (QED) is 0.254. The van der Waals surface area contributed by atoms with Crippen molar-refractivity contribution in [3.8, 4) is 16.9 Å². The van der Waals surface area contributed by atoms with Gasteiger partial charge in [0.05, 0.1) is 16.8 Å². The van der Waals surface area contributed by atoms with E-state index in [4.69, 9.17) is 0 Å². The molecule has 0 amide bonds. The first-order valence-corrected chi connectivity index (χ1v) is 9.83. The number of nitro benzene ring substituents is 1. The number of benzene rings is 3. The highest BCUT2D eigenvalue weighted by Gasteiger charge is 2.13. The second-order valence-electron chi connectivity index (χ2n) is 6.28. The average molecular weight is 418 g/mol. The number of hydrogen-bond acceptors (Lipinski definition) is 5. The Hall–Kier alpha value is -3.91. The molecular weight excluding hydrogens is 403 g/mol. The molecule has 0 N–H and O–H groups in total. The van der Waals surface area contributed by atoms with Crippen LogP contribution in [0.4, 0.5) is 10.1 Å². The normalized spacial score (nSPS) is 11.8. The van der Waals surface area contributed by atoms with E-state index < -0.39 is 4.92 Å². The third kappa shape index (κ3) is 4.23. The van der Waals surface area contributed by atoms with Crippen LogP contribution in [0.15, 0.2) is 94.4 Å². The minimum Gasteiger partial charge on any atom is -0.284 e. The first-order chi connectivity index (χ1) is 14.6. The highest BCUT2D eigenvalue weighted by molar-refractivity contribution is 7.07. The molecule has 0 aliphatic heterocycles. The number of nitro groups is 1. The smallest absolute Gasteiger partial charge is 0.270 e. The molecule has 6 nitrogen and oxygen atoms in total. The molecule has 0 radical (unpaired) electrons. The van der Waals surface area contributed by atoms with E-state index in [0.29, 0.717) is 10.4 Å². The lowest BCUT2D eigenvalue weighted by molar-refractivity contribution is -0.384. The number of thiazole rings is 1. The van der Waals surface area contributed by atoms with Crippen LogP contribution in [0.1, 0.15) is 5.56 Å². The highest BCUT2D eigenvalue weighted by atomic mass is 32.1. The lowest BCUT2D eigenvalue weighted by atomic mass is 10.1. The van der Waals surface area contributed by atoms with Gasteiger partial charge in [-0.2, -0.15) is 5.10 Å². The summed E-state index contributed by atoms with van der Waals surface area (Å²) in [5.74, 6) is -0.314. The van der Waals surface area contributed by atoms with E-state index in [-0.39, 0.29) is 11.5 Å². The van der Waals surface area contributed by atoms with Gasteiger partial charge < -0.3 is 0 Å². The van der Waals surface area contributed by atoms with Crippen LogP contribution in [0.5, 0.6) is 0 Å². The summed E-state index contributed by atoms with van der Waals surface area (Å²) in [6.07, 6.45) is 1.54. The standard InChI is InChI=1S/C22H15FN4O2S/c23-18-11-9-16(10-12-18)14-24-25-22-26(19-6-2-1-3-7-19)21(15-30-22)17-5-4-8-20(13-17)27(28)29/h1-15H/b24-14+,25-22+. The fourth-order valence-electron chi connectivity index (χ4n) is 2.88. The molecule has 30 heavy (non-hydrogen) atoms. The summed E-state index contributed by atoms with van der Waals surface area (Å²) < 4.78 is 14.9. The van der Waals surface area contributed by atoms with Crippen molar-refractivity contribution in [2.24, 2.45) is 10.2 Å². The van der Waals surface area contributed by atoms with Gasteiger partial charge in [0.15, 0.2) is 0 Å². The zero-order chi connectivity index (χ0) is 20.9. The molecule has 4 aromatic rings. The number of nitrogens with zero attached hydrogens (tertiary/aromatic N) is 4. The van der Waals surface area contributed by atoms with Gasteiger partial charge in [-0.3, -0.25) is 14.7 Å². The Morgan fingerprint density at radius 1 is 1.00 bits per heavy atom. The molecule has 0 unspecified atom stereocenters. The van der Waals surface area contributed by atoms with E-state index in [9.17, 15) is 14.5 Å². The van der Waals surface area contributed by atoms with Crippen LogP contribution < -0.4 is 4.80 Å². The lowest BCUT2D eigenvalue weighted by Crippen LogP contribution is -2.13. The van der Waals surface area contributed by atoms with Gasteiger partial charge in [0.2, 0.25) is 4.80 Å². The van der Waals surface area contributed by atoms with E-state index in [1.54, 1.807) is 24.4 Å². The van der Waals surface area contributed by atoms with Gasteiger partial charge >= 0.3 is 0 Å². The summed E-state index contributed by atoms with van der Waals surface area (Å²) >= 11 is 1.37. The third-order valence-corrected chi connectivity index (χ3v) is 5.11. The van der Waals surface area contributed by atoms with Crippen molar-refractivity contribution >= 4 is 23.2 Å². The third-order valence-electron chi connectivity index (χ3n) is 4.30. The van der Waals surface area contributed by atoms with Crippen LogP contribution in [0, 0.1) is 15.9 Å². The highest BCUT2D eigenvalue weighted by Crippen LogP contribution is 2.26. The van der Waals surface area contributed by atoms with Crippen LogP contribution >= 0.6 is 11.3 Å². The number of non-ortho nitro benzene ring substituents is 1. The number of hydrogen-bond donors (Lipinski definition) is 0. The first-order valence-electron chi connectivity index (χ1n) is 8.95. The number of aromatic nitrogens is 1. The summed E-state index contributed by atoms with van der Waals surface area (Å²) in [7, 11) is 0. The Balaban J connectivity index is 1.81. The van der Waals surface area contributed by atoms with Crippen molar-refractivity contribution < 1.29 is 9.31 Å². The van der Waals surface area contributed by atoms with Crippen molar-refractivity contribution in [3.05, 3.63) is 111 Å². The molecule has 4 rings (SSSR count). The largest absolute Gasteiger partial charge is 0.284 e. The Morgan fingerprint density at radius 3 is 2.50 bits per heavy atom. The number of halogens is 1. The van der Waals surface area contributed by atoms with Gasteiger partial charge in [0.1, 0.15) is 5.82 Å². The molecule has 0 atom stereocenters. The average Bonchev–Trinajstić information content (AvgIpc) is 3.20. The molecule has 0 bridgehead atoms. The van der Waals surface area contributed by atoms with Crippen LogP contribution in [0.2, 0.25) is 0 Å². The summed E-state index contributed by atoms with van der Waals surface area (Å²) in [5.41, 5.74) is 3.07. The van der Waals surface area contributed by atoms with E-state index >= 15 is 0 Å². The molecule has 1 aromatic heterocycles. The first kappa shape index (κ1) is 19.4. The van der Waals surface area contributed by atoms with E-state index in [1.807, 2.05) is 46.3 Å². The van der Waals surface area contributed by atoms with Gasteiger partial charge in [-0.15, -0.1) is 16.4 Å². The summed E-state index contributed by atoms with van der Waals surface area (Å²) in [4.78, 5) is 11.4. The second kappa shape index (κ2) is 8.62. The van der Waals surface area contributed by atoms with Gasteiger partial charge in [-0.05, 0) is 29.8 Å². The maximum atomic E-state index is 13.0. The zero-order valence-electron chi connectivity index (χ0n) is 15.6. The maximum Gasteiger partial charge on any atom is 0.270 e. The molecule has 0 spiro atoms. The van der Waals surface area contributed by atoms with Crippen molar-refractivity contribution in [3.63, 3.8) is 0 Å². The lowest BCUT2D eigenvalue weighted by Gasteiger charge is -2.08. The molecular formula is C22H15FN4O2S. The molecule has 0 aliphatic carbocycles. The van der Waals surface area contributed by atoms with Gasteiger partial charge in [0, 0.05) is 28.8 Å². The molecule has 0 fully saturated rings. The maximum absolute atomic E-state index is 13.0. The van der Waals surface area contributed by atoms with E-state index in [1.165, 1.54) is 35.6 Å². The van der Waals surface area contributed by atoms with E-state index in [2.05, 4.69) is 10.2 Å². The van der Waals surface area contributed by atoms with Gasteiger partial charge in [-0.25, -0.2) is 4.39 Å². The van der Waals surface area contributed by atoms with Crippen LogP contribution in [0.25, 0.3) is 16.9 Å². The predicted octanol–water partition coefficient (Wildman–Crippen LogP) is 5.19. The Bertz CT molecular complexity index is 1280. The van der Waals surface area contributed by atoms with Crippen molar-refractivity contribution in [1.82, 2.24) is 4.57 Å². The molecule has 8 heteroatoms. The predicted molar refractivity (Wildman–Crippen MR) is 115 cm³/mol. The minimum absolute atomic E-state index is 0.0196. The molecule has 148 valence electrons. The van der Waals surface area contributed by atoms with Crippen molar-refractivity contribution in [1.29, 1.82) is 0 Å². The molecule has 3 aromatic carbocycles. The Morgan fingerprint density at radius 2 is 1.77 bits per heavy atom. The van der Waals surface area contributed by atoms with Crippen LogP contribution in [-0.2, 0) is 0 Å². The molecule has 0 saturated heterocycles. The fraction of sp³-hybridized carbons (Fsp3) is 0. The molecule has 0 aliphatic rings. The Kier molecular flexibility index (Phi) is 5.58. The van der Waals surface area contributed by atoms with Gasteiger partial charge in [0.25, 0.3) is 5.69 Å². The number of rotatable bonds is 5. The topological polar surface area (TPSA) is 72.8 Å². The number of para-hydroxylation sites is 1. The molecule has 1 heterocycles.